The molecular weight excluding hydrogens is 725 g/mol. The lowest BCUT2D eigenvalue weighted by Gasteiger charge is -2.43. The van der Waals surface area contributed by atoms with Crippen molar-refractivity contribution in [3.63, 3.8) is 0 Å². The van der Waals surface area contributed by atoms with Crippen LogP contribution >= 0.6 is 11.3 Å². The lowest BCUT2D eigenvalue weighted by atomic mass is 9.79. The van der Waals surface area contributed by atoms with Crippen LogP contribution in [-0.4, -0.2) is 103 Å². The van der Waals surface area contributed by atoms with E-state index >= 15 is 0 Å². The van der Waals surface area contributed by atoms with Crippen molar-refractivity contribution >= 4 is 34.1 Å². The molecule has 3 fully saturated rings. The summed E-state index contributed by atoms with van der Waals surface area (Å²) in [5, 5.41) is 13.2. The number of likely N-dealkylation sites (tertiary alicyclic amines) is 2. The summed E-state index contributed by atoms with van der Waals surface area (Å²) in [7, 11) is 0. The normalized spacial score (nSPS) is 20.4. The van der Waals surface area contributed by atoms with Crippen molar-refractivity contribution in [1.29, 1.82) is 0 Å². The molecule has 4 aromatic heterocycles. The minimum atomic E-state index is -1.12. The van der Waals surface area contributed by atoms with Gasteiger partial charge in [-0.1, -0.05) is 48.5 Å². The molecule has 1 N–H and O–H groups in total. The van der Waals surface area contributed by atoms with Gasteiger partial charge in [-0.05, 0) is 61.7 Å². The summed E-state index contributed by atoms with van der Waals surface area (Å²) >= 11 is 1.70. The summed E-state index contributed by atoms with van der Waals surface area (Å²) < 4.78 is 8.89. The molecule has 2 atom stereocenters. The average Bonchev–Trinajstić information content (AvgIpc) is 3.91. The molecule has 288 valence electrons. The smallest absolute Gasteiger partial charge is 0.262 e. The SMILES string of the molecule is O=C([C@@H]1CCN(Cc2cnc(-c3ccc(N4CCOCC4)nc3)s2)C[C@H]1c1ccccc1)N1CCC(O)(Cn2cnc3c(ccn3-c3ccccc3)c2=O)CC1. The van der Waals surface area contributed by atoms with Gasteiger partial charge in [-0.15, -0.1) is 11.3 Å². The van der Waals surface area contributed by atoms with Gasteiger partial charge >= 0.3 is 0 Å². The summed E-state index contributed by atoms with van der Waals surface area (Å²) in [5.41, 5.74) is 2.40. The van der Waals surface area contributed by atoms with Gasteiger partial charge < -0.3 is 24.2 Å². The van der Waals surface area contributed by atoms with Crippen molar-refractivity contribution in [1.82, 2.24) is 33.9 Å². The van der Waals surface area contributed by atoms with Crippen molar-refractivity contribution in [3.8, 4) is 16.3 Å². The Balaban J connectivity index is 0.839. The lowest BCUT2D eigenvalue weighted by molar-refractivity contribution is -0.142. The van der Waals surface area contributed by atoms with Crippen LogP contribution in [0.2, 0.25) is 0 Å². The number of anilines is 1. The lowest BCUT2D eigenvalue weighted by Crippen LogP contribution is -2.53. The molecule has 9 rings (SSSR count). The highest BCUT2D eigenvalue weighted by Gasteiger charge is 2.41. The Morgan fingerprint density at radius 1 is 0.875 bits per heavy atom. The summed E-state index contributed by atoms with van der Waals surface area (Å²) in [6, 6.07) is 26.1. The number of thiazole rings is 1. The van der Waals surface area contributed by atoms with Crippen LogP contribution < -0.4 is 10.5 Å². The number of piperidine rings is 2. The van der Waals surface area contributed by atoms with Gasteiger partial charge in [0, 0.05) is 85.8 Å². The third-order valence-electron chi connectivity index (χ3n) is 11.7. The van der Waals surface area contributed by atoms with Gasteiger partial charge in [0.25, 0.3) is 5.56 Å². The summed E-state index contributed by atoms with van der Waals surface area (Å²) in [6.45, 7) is 6.53. The number of rotatable bonds is 9. The summed E-state index contributed by atoms with van der Waals surface area (Å²) in [4.78, 5) is 49.8. The second-order valence-electron chi connectivity index (χ2n) is 15.3. The second kappa shape index (κ2) is 15.7. The Kier molecular flexibility index (Phi) is 10.2. The number of aliphatic hydroxyl groups is 1. The summed E-state index contributed by atoms with van der Waals surface area (Å²) in [6.07, 6.45) is 8.81. The van der Waals surface area contributed by atoms with Crippen LogP contribution in [-0.2, 0) is 22.6 Å². The van der Waals surface area contributed by atoms with Crippen LogP contribution in [0.1, 0.15) is 35.6 Å². The van der Waals surface area contributed by atoms with Crippen LogP contribution in [0, 0.1) is 5.92 Å². The number of pyridine rings is 1. The number of ether oxygens (including phenoxy) is 1. The molecule has 6 aromatic rings. The number of aromatic nitrogens is 5. The quantitative estimate of drug-likeness (QED) is 0.212. The van der Waals surface area contributed by atoms with E-state index < -0.39 is 5.60 Å². The maximum absolute atomic E-state index is 14.3. The van der Waals surface area contributed by atoms with Crippen molar-refractivity contribution in [2.24, 2.45) is 5.92 Å². The Labute approximate surface area is 329 Å². The predicted molar refractivity (Wildman–Crippen MR) is 217 cm³/mol. The van der Waals surface area contributed by atoms with E-state index in [9.17, 15) is 14.7 Å². The van der Waals surface area contributed by atoms with Crippen LogP contribution in [0.3, 0.4) is 0 Å². The molecule has 12 nitrogen and oxygen atoms in total. The van der Waals surface area contributed by atoms with Gasteiger partial charge in [-0.25, -0.2) is 15.0 Å². The zero-order valence-electron chi connectivity index (χ0n) is 31.3. The molecule has 3 saturated heterocycles. The van der Waals surface area contributed by atoms with E-state index in [-0.39, 0.29) is 29.8 Å². The van der Waals surface area contributed by atoms with E-state index in [0.717, 1.165) is 74.4 Å². The van der Waals surface area contributed by atoms with E-state index in [1.807, 2.05) is 64.5 Å². The molecule has 0 bridgehead atoms. The highest BCUT2D eigenvalue weighted by molar-refractivity contribution is 7.15. The Hall–Kier alpha value is -5.21. The number of fused-ring (bicyclic) bond motifs is 1. The summed E-state index contributed by atoms with van der Waals surface area (Å²) in [5.74, 6) is 1.01. The minimum Gasteiger partial charge on any atom is -0.388 e. The molecule has 2 aromatic carbocycles. The first-order valence-electron chi connectivity index (χ1n) is 19.5. The van der Waals surface area contributed by atoms with Crippen LogP contribution in [0.25, 0.3) is 27.3 Å². The third-order valence-corrected chi connectivity index (χ3v) is 12.7. The topological polar surface area (TPSA) is 122 Å². The molecule has 0 spiro atoms. The van der Waals surface area contributed by atoms with Crippen LogP contribution in [0.5, 0.6) is 0 Å². The number of benzene rings is 2. The van der Waals surface area contributed by atoms with Crippen LogP contribution in [0.15, 0.2) is 109 Å². The van der Waals surface area contributed by atoms with Gasteiger partial charge in [0.15, 0.2) is 5.65 Å². The number of hydrogen-bond acceptors (Lipinski definition) is 10. The van der Waals surface area contributed by atoms with Crippen molar-refractivity contribution in [2.45, 2.75) is 43.9 Å². The first kappa shape index (κ1) is 36.4. The molecule has 0 aliphatic carbocycles. The average molecular weight is 771 g/mol. The first-order chi connectivity index (χ1) is 27.4. The van der Waals surface area contributed by atoms with E-state index in [0.29, 0.717) is 37.0 Å². The monoisotopic (exact) mass is 770 g/mol. The number of amides is 1. The van der Waals surface area contributed by atoms with Gasteiger partial charge in [-0.3, -0.25) is 19.1 Å². The minimum absolute atomic E-state index is 0.0437. The molecule has 0 radical (unpaired) electrons. The standard InChI is InChI=1S/C43H46N8O4S/c52-41(49-19-15-43(54,16-20-49)29-50-30-46-39-36(42(50)53)14-18-51(39)33-9-5-2-6-10-33)35-13-17-47(28-37(35)31-7-3-1-4-8-31)27-34-26-45-40(56-34)32-11-12-38(44-25-32)48-21-23-55-24-22-48/h1-12,14,18,25-26,30,35,37,54H,13,15-17,19-24,27-29H2/t35-,37+/m1/s1. The van der Waals surface area contributed by atoms with Gasteiger partial charge in [0.2, 0.25) is 5.91 Å². The van der Waals surface area contributed by atoms with Gasteiger partial charge in [0.1, 0.15) is 17.2 Å². The molecule has 7 heterocycles. The van der Waals surface area contributed by atoms with E-state index in [1.54, 1.807) is 17.4 Å². The highest BCUT2D eigenvalue weighted by atomic mass is 32.1. The van der Waals surface area contributed by atoms with Crippen molar-refractivity contribution in [2.75, 3.05) is 57.4 Å². The molecule has 3 aliphatic heterocycles. The first-order valence-corrected chi connectivity index (χ1v) is 20.4. The zero-order valence-corrected chi connectivity index (χ0v) is 32.1. The van der Waals surface area contributed by atoms with Crippen molar-refractivity contribution in [3.05, 3.63) is 125 Å². The van der Waals surface area contributed by atoms with E-state index in [4.69, 9.17) is 14.7 Å². The second-order valence-corrected chi connectivity index (χ2v) is 16.4. The van der Waals surface area contributed by atoms with E-state index in [1.165, 1.54) is 21.3 Å². The number of nitrogens with zero attached hydrogens (tertiary/aromatic N) is 8. The molecule has 1 amide bonds. The number of morpholine rings is 1. The molecule has 56 heavy (non-hydrogen) atoms. The number of carbonyl (C=O) groups excluding carboxylic acids is 1. The molecule has 3 aliphatic rings. The van der Waals surface area contributed by atoms with Crippen molar-refractivity contribution < 1.29 is 14.6 Å². The third kappa shape index (κ3) is 7.51. The molecular formula is C43H46N8O4S. The van der Waals surface area contributed by atoms with Gasteiger partial charge in [0.05, 0.1) is 30.7 Å². The predicted octanol–water partition coefficient (Wildman–Crippen LogP) is 5.20. The maximum atomic E-state index is 14.3. The fraction of sp³-hybridized carbons (Fsp3) is 0.372. The molecule has 13 heteroatoms. The number of para-hydroxylation sites is 1. The Bertz CT molecular complexity index is 2330. The van der Waals surface area contributed by atoms with Crippen LogP contribution in [0.4, 0.5) is 5.82 Å². The fourth-order valence-electron chi connectivity index (χ4n) is 8.54. The Morgan fingerprint density at radius 2 is 1.64 bits per heavy atom. The molecule has 0 saturated carbocycles. The van der Waals surface area contributed by atoms with Gasteiger partial charge in [-0.2, -0.15) is 0 Å². The molecule has 0 unspecified atom stereocenters. The number of carbonyl (C=O) groups is 1. The largest absolute Gasteiger partial charge is 0.388 e. The van der Waals surface area contributed by atoms with E-state index in [2.05, 4.69) is 51.2 Å². The number of hydrogen-bond donors (Lipinski definition) is 1. The highest BCUT2D eigenvalue weighted by Crippen LogP contribution is 2.37. The fourth-order valence-corrected chi connectivity index (χ4v) is 9.48. The maximum Gasteiger partial charge on any atom is 0.262 e. The Morgan fingerprint density at radius 3 is 2.39 bits per heavy atom. The zero-order chi connectivity index (χ0) is 38.1.